The van der Waals surface area contributed by atoms with Crippen LogP contribution < -0.4 is 5.32 Å². The Labute approximate surface area is 123 Å². The third-order valence-electron chi connectivity index (χ3n) is 3.26. The zero-order valence-electron chi connectivity index (χ0n) is 12.2. The van der Waals surface area contributed by atoms with Crippen molar-refractivity contribution < 1.29 is 14.4 Å². The van der Waals surface area contributed by atoms with E-state index in [9.17, 15) is 4.79 Å². The second kappa shape index (κ2) is 6.99. The van der Waals surface area contributed by atoms with Crippen LogP contribution in [0.15, 0.2) is 28.8 Å². The first-order valence-corrected chi connectivity index (χ1v) is 6.88. The largest absolute Gasteiger partial charge is 0.481 e. The molecule has 0 aliphatic heterocycles. The summed E-state index contributed by atoms with van der Waals surface area (Å²) in [5.41, 5.74) is 1.92. The normalized spacial score (nSPS) is 12.3. The minimum absolute atomic E-state index is 0.479. The molecule has 1 aromatic heterocycles. The van der Waals surface area contributed by atoms with Crippen molar-refractivity contribution in [3.05, 3.63) is 47.1 Å². The van der Waals surface area contributed by atoms with Crippen molar-refractivity contribution in [1.29, 1.82) is 0 Å². The van der Waals surface area contributed by atoms with Gasteiger partial charge >= 0.3 is 5.97 Å². The number of hydrogen-bond donors (Lipinski definition) is 2. The van der Waals surface area contributed by atoms with Crippen LogP contribution in [0.2, 0.25) is 0 Å². The number of aromatic nitrogens is 2. The smallest absolute Gasteiger partial charge is 0.310 e. The quantitative estimate of drug-likeness (QED) is 0.757. The van der Waals surface area contributed by atoms with E-state index in [1.807, 2.05) is 24.3 Å². The van der Waals surface area contributed by atoms with Crippen molar-refractivity contribution in [2.75, 3.05) is 6.54 Å². The van der Waals surface area contributed by atoms with Crippen LogP contribution in [0, 0.1) is 6.92 Å². The number of rotatable bonds is 7. The summed E-state index contributed by atoms with van der Waals surface area (Å²) in [5, 5.41) is 16.0. The number of hydrogen-bond acceptors (Lipinski definition) is 5. The van der Waals surface area contributed by atoms with E-state index in [1.165, 1.54) is 0 Å². The first-order valence-electron chi connectivity index (χ1n) is 6.88. The molecule has 0 bridgehead atoms. The zero-order valence-corrected chi connectivity index (χ0v) is 12.2. The van der Waals surface area contributed by atoms with E-state index in [2.05, 4.69) is 15.5 Å². The molecule has 0 amide bonds. The van der Waals surface area contributed by atoms with Crippen molar-refractivity contribution >= 4 is 5.97 Å². The Morgan fingerprint density at radius 1 is 1.38 bits per heavy atom. The fourth-order valence-corrected chi connectivity index (χ4v) is 1.94. The van der Waals surface area contributed by atoms with Gasteiger partial charge in [-0.25, -0.2) is 0 Å². The molecule has 6 nitrogen and oxygen atoms in total. The van der Waals surface area contributed by atoms with Crippen LogP contribution in [0.4, 0.5) is 0 Å². The van der Waals surface area contributed by atoms with Crippen LogP contribution >= 0.6 is 0 Å². The molecule has 0 aliphatic rings. The van der Waals surface area contributed by atoms with Gasteiger partial charge in [-0.15, -0.1) is 0 Å². The van der Waals surface area contributed by atoms with Gasteiger partial charge in [-0.1, -0.05) is 29.4 Å². The summed E-state index contributed by atoms with van der Waals surface area (Å²) < 4.78 is 5.02. The monoisotopic (exact) mass is 289 g/mol. The van der Waals surface area contributed by atoms with Crippen molar-refractivity contribution in [3.8, 4) is 0 Å². The average Bonchev–Trinajstić information content (AvgIpc) is 2.89. The molecule has 0 aliphatic carbocycles. The lowest BCUT2D eigenvalue weighted by atomic mass is 10.0. The van der Waals surface area contributed by atoms with E-state index in [4.69, 9.17) is 9.63 Å². The molecule has 112 valence electrons. The van der Waals surface area contributed by atoms with E-state index in [1.54, 1.807) is 13.8 Å². The highest BCUT2D eigenvalue weighted by Gasteiger charge is 2.12. The second-order valence-corrected chi connectivity index (χ2v) is 4.96. The van der Waals surface area contributed by atoms with Crippen LogP contribution in [-0.4, -0.2) is 27.8 Å². The van der Waals surface area contributed by atoms with Crippen molar-refractivity contribution in [1.82, 2.24) is 15.5 Å². The first-order chi connectivity index (χ1) is 10.1. The van der Waals surface area contributed by atoms with Crippen molar-refractivity contribution in [2.45, 2.75) is 32.7 Å². The molecular formula is C15H19N3O3. The maximum absolute atomic E-state index is 10.9. The summed E-state index contributed by atoms with van der Waals surface area (Å²) in [6.45, 7) is 4.94. The Bertz CT molecular complexity index is 592. The molecule has 1 aromatic carbocycles. The number of aliphatic carboxylic acids is 1. The highest BCUT2D eigenvalue weighted by Crippen LogP contribution is 2.15. The van der Waals surface area contributed by atoms with E-state index in [0.717, 1.165) is 24.2 Å². The number of aryl methyl sites for hydroxylation is 1. The fourth-order valence-electron chi connectivity index (χ4n) is 1.94. The third-order valence-corrected chi connectivity index (χ3v) is 3.26. The fraction of sp³-hybridized carbons (Fsp3) is 0.400. The number of carbonyl (C=O) groups is 1. The van der Waals surface area contributed by atoms with Crippen LogP contribution in [0.5, 0.6) is 0 Å². The van der Waals surface area contributed by atoms with Gasteiger partial charge in [0, 0.05) is 19.5 Å². The van der Waals surface area contributed by atoms with Gasteiger partial charge in [0.1, 0.15) is 0 Å². The van der Waals surface area contributed by atoms with E-state index in [-0.39, 0.29) is 0 Å². The predicted octanol–water partition coefficient (Wildman–Crippen LogP) is 1.90. The molecule has 2 N–H and O–H groups in total. The Morgan fingerprint density at radius 3 is 2.67 bits per heavy atom. The summed E-state index contributed by atoms with van der Waals surface area (Å²) in [4.78, 5) is 15.0. The lowest BCUT2D eigenvalue weighted by Gasteiger charge is -2.08. The van der Waals surface area contributed by atoms with Gasteiger partial charge in [-0.3, -0.25) is 4.79 Å². The molecule has 0 radical (unpaired) electrons. The number of nitrogens with zero attached hydrogens (tertiary/aromatic N) is 2. The van der Waals surface area contributed by atoms with E-state index < -0.39 is 11.9 Å². The van der Waals surface area contributed by atoms with Gasteiger partial charge in [0.05, 0.1) is 5.92 Å². The van der Waals surface area contributed by atoms with Crippen molar-refractivity contribution in [2.24, 2.45) is 0 Å². The number of carboxylic acids is 1. The van der Waals surface area contributed by atoms with E-state index in [0.29, 0.717) is 18.1 Å². The SMILES string of the molecule is Cc1noc(CCNCc2ccc(C(C)C(=O)O)cc2)n1. The molecule has 0 saturated carbocycles. The Morgan fingerprint density at radius 2 is 2.10 bits per heavy atom. The summed E-state index contributed by atoms with van der Waals surface area (Å²) in [6, 6.07) is 7.60. The van der Waals surface area contributed by atoms with Gasteiger partial charge in [0.15, 0.2) is 5.82 Å². The molecular weight excluding hydrogens is 270 g/mol. The zero-order chi connectivity index (χ0) is 15.2. The lowest BCUT2D eigenvalue weighted by molar-refractivity contribution is -0.138. The van der Waals surface area contributed by atoms with Gasteiger partial charge in [-0.05, 0) is 25.0 Å². The third kappa shape index (κ3) is 4.39. The molecule has 0 fully saturated rings. The van der Waals surface area contributed by atoms with Gasteiger partial charge in [0.2, 0.25) is 5.89 Å². The minimum atomic E-state index is -0.810. The molecule has 2 rings (SSSR count). The second-order valence-electron chi connectivity index (χ2n) is 4.96. The lowest BCUT2D eigenvalue weighted by Crippen LogP contribution is -2.17. The van der Waals surface area contributed by atoms with Crippen LogP contribution in [-0.2, 0) is 17.8 Å². The number of nitrogens with one attached hydrogen (secondary N) is 1. The Balaban J connectivity index is 1.77. The summed E-state index contributed by atoms with van der Waals surface area (Å²) in [6.07, 6.45) is 0.689. The topological polar surface area (TPSA) is 88.2 Å². The maximum atomic E-state index is 10.9. The highest BCUT2D eigenvalue weighted by molar-refractivity contribution is 5.75. The molecule has 0 spiro atoms. The number of benzene rings is 1. The molecule has 1 unspecified atom stereocenters. The molecule has 1 atom stereocenters. The summed E-state index contributed by atoms with van der Waals surface area (Å²) >= 11 is 0. The summed E-state index contributed by atoms with van der Waals surface area (Å²) in [7, 11) is 0. The highest BCUT2D eigenvalue weighted by atomic mass is 16.5. The first kappa shape index (κ1) is 15.2. The minimum Gasteiger partial charge on any atom is -0.481 e. The summed E-state index contributed by atoms with van der Waals surface area (Å²) in [5.74, 6) is -0.0118. The molecule has 6 heteroatoms. The molecule has 0 saturated heterocycles. The van der Waals surface area contributed by atoms with Gasteiger partial charge in [-0.2, -0.15) is 4.98 Å². The Kier molecular flexibility index (Phi) is 5.05. The molecule has 1 heterocycles. The maximum Gasteiger partial charge on any atom is 0.310 e. The molecule has 2 aromatic rings. The van der Waals surface area contributed by atoms with E-state index >= 15 is 0 Å². The average molecular weight is 289 g/mol. The van der Waals surface area contributed by atoms with Crippen LogP contribution in [0.25, 0.3) is 0 Å². The standard InChI is InChI=1S/C15H19N3O3/c1-10(15(19)20)13-5-3-12(4-6-13)9-16-8-7-14-17-11(2)18-21-14/h3-6,10,16H,7-9H2,1-2H3,(H,19,20). The Hall–Kier alpha value is -2.21. The van der Waals surface area contributed by atoms with Crippen molar-refractivity contribution in [3.63, 3.8) is 0 Å². The van der Waals surface area contributed by atoms with Gasteiger partial charge < -0.3 is 14.9 Å². The van der Waals surface area contributed by atoms with Crippen LogP contribution in [0.1, 0.15) is 35.7 Å². The number of carboxylic acid groups (broad SMARTS) is 1. The molecule has 21 heavy (non-hydrogen) atoms. The predicted molar refractivity (Wildman–Crippen MR) is 76.9 cm³/mol. The van der Waals surface area contributed by atoms with Crippen LogP contribution in [0.3, 0.4) is 0 Å². The van der Waals surface area contributed by atoms with Gasteiger partial charge in [0.25, 0.3) is 0 Å².